The second kappa shape index (κ2) is 9.96. The van der Waals surface area contributed by atoms with Crippen LogP contribution in [0.1, 0.15) is 47.2 Å². The highest BCUT2D eigenvalue weighted by atomic mass is 16.5. The summed E-state index contributed by atoms with van der Waals surface area (Å²) in [5.74, 6) is -0.700. The lowest BCUT2D eigenvalue weighted by molar-refractivity contribution is -0.129. The van der Waals surface area contributed by atoms with E-state index in [-0.39, 0.29) is 36.0 Å². The Morgan fingerprint density at radius 2 is 1.62 bits per heavy atom. The molecule has 0 spiro atoms. The van der Waals surface area contributed by atoms with Gasteiger partial charge in [0.2, 0.25) is 0 Å². The largest absolute Gasteiger partial charge is 0.489 e. The van der Waals surface area contributed by atoms with Gasteiger partial charge in [-0.2, -0.15) is 0 Å². The van der Waals surface area contributed by atoms with E-state index in [1.54, 1.807) is 45.0 Å². The Hall–Kier alpha value is -3.87. The normalized spacial score (nSPS) is 11.0. The molecule has 0 radical (unpaired) electrons. The van der Waals surface area contributed by atoms with Gasteiger partial charge in [-0.05, 0) is 30.3 Å². The highest BCUT2D eigenvalue weighted by molar-refractivity contribution is 6.07. The van der Waals surface area contributed by atoms with E-state index in [0.29, 0.717) is 11.3 Å². The van der Waals surface area contributed by atoms with Crippen molar-refractivity contribution in [3.63, 3.8) is 0 Å². The Labute approximate surface area is 186 Å². The minimum Gasteiger partial charge on any atom is -0.489 e. The summed E-state index contributed by atoms with van der Waals surface area (Å²) in [6.07, 6.45) is 1.40. The number of carbonyl (C=O) groups excluding carboxylic acids is 3. The molecular weight excluding hydrogens is 410 g/mol. The second-order valence-corrected chi connectivity index (χ2v) is 8.13. The monoisotopic (exact) mass is 435 g/mol. The van der Waals surface area contributed by atoms with E-state index >= 15 is 0 Å². The van der Waals surface area contributed by atoms with E-state index in [1.165, 1.54) is 12.3 Å². The Morgan fingerprint density at radius 3 is 2.34 bits per heavy atom. The van der Waals surface area contributed by atoms with E-state index in [2.05, 4.69) is 5.32 Å². The van der Waals surface area contributed by atoms with Gasteiger partial charge in [0.15, 0.2) is 18.2 Å². The molecule has 3 aromatic rings. The quantitative estimate of drug-likeness (QED) is 0.507. The molecule has 0 aliphatic heterocycles. The maximum Gasteiger partial charge on any atom is 0.340 e. The molecule has 0 aliphatic rings. The van der Waals surface area contributed by atoms with Crippen LogP contribution in [0, 0.1) is 5.41 Å². The number of hydrogen-bond donors (Lipinski definition) is 1. The fraction of sp³-hybridized carbons (Fsp3) is 0.240. The molecule has 7 heteroatoms. The molecule has 0 unspecified atom stereocenters. The van der Waals surface area contributed by atoms with Crippen molar-refractivity contribution in [1.82, 2.24) is 0 Å². The minimum absolute atomic E-state index is 0.0759. The Balaban J connectivity index is 1.68. The summed E-state index contributed by atoms with van der Waals surface area (Å²) in [5.41, 5.74) is 0.321. The third-order valence-corrected chi connectivity index (χ3v) is 4.66. The lowest BCUT2D eigenvalue weighted by atomic mass is 9.91. The number of esters is 1. The van der Waals surface area contributed by atoms with Gasteiger partial charge in [0.1, 0.15) is 12.4 Å². The Kier molecular flexibility index (Phi) is 7.10. The SMILES string of the molecule is CC(C)(C)C(=O)COC(=O)c1ccccc1NC(=O)c1occc1COc1ccccc1. The van der Waals surface area contributed by atoms with E-state index in [0.717, 1.165) is 0 Å². The molecule has 0 atom stereocenters. The molecule has 3 rings (SSSR count). The minimum atomic E-state index is -0.703. The fourth-order valence-electron chi connectivity index (χ4n) is 2.70. The number of amides is 1. The molecule has 1 aromatic heterocycles. The van der Waals surface area contributed by atoms with Crippen molar-refractivity contribution in [3.05, 3.63) is 83.8 Å². The molecule has 0 saturated carbocycles. The number of nitrogens with one attached hydrogen (secondary N) is 1. The molecule has 0 saturated heterocycles. The number of anilines is 1. The van der Waals surface area contributed by atoms with Gasteiger partial charge < -0.3 is 19.2 Å². The lowest BCUT2D eigenvalue weighted by Gasteiger charge is -2.16. The van der Waals surface area contributed by atoms with Gasteiger partial charge in [0.25, 0.3) is 5.91 Å². The summed E-state index contributed by atoms with van der Waals surface area (Å²) in [6, 6.07) is 17.3. The van der Waals surface area contributed by atoms with Crippen molar-refractivity contribution < 1.29 is 28.3 Å². The molecule has 0 aliphatic carbocycles. The fourth-order valence-corrected chi connectivity index (χ4v) is 2.70. The van der Waals surface area contributed by atoms with Crippen molar-refractivity contribution in [1.29, 1.82) is 0 Å². The molecule has 2 aromatic carbocycles. The molecule has 7 nitrogen and oxygen atoms in total. The van der Waals surface area contributed by atoms with Crippen molar-refractivity contribution in [3.8, 4) is 5.75 Å². The molecule has 32 heavy (non-hydrogen) atoms. The maximum atomic E-state index is 12.8. The first-order valence-electron chi connectivity index (χ1n) is 10.1. The number of rotatable bonds is 8. The van der Waals surface area contributed by atoms with Crippen molar-refractivity contribution in [2.24, 2.45) is 5.41 Å². The lowest BCUT2D eigenvalue weighted by Crippen LogP contribution is -2.26. The van der Waals surface area contributed by atoms with Crippen LogP contribution in [-0.4, -0.2) is 24.3 Å². The maximum absolute atomic E-state index is 12.8. The average Bonchev–Trinajstić information content (AvgIpc) is 3.25. The van der Waals surface area contributed by atoms with Gasteiger partial charge in [0.05, 0.1) is 17.5 Å². The van der Waals surface area contributed by atoms with Crippen LogP contribution in [0.25, 0.3) is 0 Å². The van der Waals surface area contributed by atoms with Crippen LogP contribution < -0.4 is 10.1 Å². The van der Waals surface area contributed by atoms with Gasteiger partial charge >= 0.3 is 5.97 Å². The number of furan rings is 1. The van der Waals surface area contributed by atoms with E-state index in [4.69, 9.17) is 13.9 Å². The Bertz CT molecular complexity index is 1090. The van der Waals surface area contributed by atoms with Gasteiger partial charge in [-0.25, -0.2) is 4.79 Å². The van der Waals surface area contributed by atoms with Crippen LogP contribution in [0.3, 0.4) is 0 Å². The zero-order valence-electron chi connectivity index (χ0n) is 18.2. The second-order valence-electron chi connectivity index (χ2n) is 8.13. The van der Waals surface area contributed by atoms with Crippen molar-refractivity contribution >= 4 is 23.3 Å². The van der Waals surface area contributed by atoms with E-state index in [9.17, 15) is 14.4 Å². The summed E-state index contributed by atoms with van der Waals surface area (Å²) in [6.45, 7) is 5.05. The highest BCUT2D eigenvalue weighted by Gasteiger charge is 2.24. The number of para-hydroxylation sites is 2. The van der Waals surface area contributed by atoms with Crippen LogP contribution >= 0.6 is 0 Å². The van der Waals surface area contributed by atoms with Crippen LogP contribution in [0.15, 0.2) is 71.3 Å². The standard InChI is InChI=1S/C25H25NO6/c1-25(2,3)21(27)16-32-24(29)19-11-7-8-12-20(19)26-23(28)22-17(13-14-30-22)15-31-18-9-5-4-6-10-18/h4-14H,15-16H2,1-3H3,(H,26,28). The summed E-state index contributed by atoms with van der Waals surface area (Å²) < 4.78 is 16.2. The van der Waals surface area contributed by atoms with Crippen molar-refractivity contribution in [2.45, 2.75) is 27.4 Å². The topological polar surface area (TPSA) is 94.8 Å². The average molecular weight is 435 g/mol. The predicted octanol–water partition coefficient (Wildman–Crippen LogP) is 4.88. The van der Waals surface area contributed by atoms with Crippen LogP contribution in [0.4, 0.5) is 5.69 Å². The number of carbonyl (C=O) groups is 3. The van der Waals surface area contributed by atoms with Crippen molar-refractivity contribution in [2.75, 3.05) is 11.9 Å². The number of hydrogen-bond acceptors (Lipinski definition) is 6. The first-order valence-corrected chi connectivity index (χ1v) is 10.1. The molecule has 0 bridgehead atoms. The van der Waals surface area contributed by atoms with Crippen LogP contribution in [-0.2, 0) is 16.1 Å². The highest BCUT2D eigenvalue weighted by Crippen LogP contribution is 2.21. The molecule has 0 fully saturated rings. The number of Topliss-reactive ketones (excluding diaryl/α,β-unsaturated/α-hetero) is 1. The molecule has 1 N–H and O–H groups in total. The molecule has 1 heterocycles. The van der Waals surface area contributed by atoms with Gasteiger partial charge in [-0.15, -0.1) is 0 Å². The summed E-state index contributed by atoms with van der Waals surface area (Å²) in [7, 11) is 0. The van der Waals surface area contributed by atoms with E-state index < -0.39 is 17.3 Å². The van der Waals surface area contributed by atoms with Gasteiger partial charge in [-0.3, -0.25) is 9.59 Å². The first-order chi connectivity index (χ1) is 15.3. The zero-order chi connectivity index (χ0) is 23.1. The number of ketones is 1. The van der Waals surface area contributed by atoms with E-state index in [1.807, 2.05) is 30.3 Å². The smallest absolute Gasteiger partial charge is 0.340 e. The van der Waals surface area contributed by atoms with Gasteiger partial charge in [-0.1, -0.05) is 51.1 Å². The predicted molar refractivity (Wildman–Crippen MR) is 119 cm³/mol. The number of ether oxygens (including phenoxy) is 2. The summed E-state index contributed by atoms with van der Waals surface area (Å²) in [4.78, 5) is 37.4. The zero-order valence-corrected chi connectivity index (χ0v) is 18.2. The molecule has 166 valence electrons. The number of benzene rings is 2. The third kappa shape index (κ3) is 5.85. The summed E-state index contributed by atoms with van der Waals surface area (Å²) in [5, 5.41) is 2.68. The first kappa shape index (κ1) is 22.8. The van der Waals surface area contributed by atoms with Gasteiger partial charge in [0, 0.05) is 11.0 Å². The van der Waals surface area contributed by atoms with Crippen LogP contribution in [0.2, 0.25) is 0 Å². The Morgan fingerprint density at radius 1 is 0.938 bits per heavy atom. The third-order valence-electron chi connectivity index (χ3n) is 4.66. The molecule has 1 amide bonds. The van der Waals surface area contributed by atoms with Crippen LogP contribution in [0.5, 0.6) is 5.75 Å². The molecular formula is C25H25NO6. The summed E-state index contributed by atoms with van der Waals surface area (Å²) >= 11 is 0.